The second-order valence-corrected chi connectivity index (χ2v) is 4.97. The highest BCUT2D eigenvalue weighted by Gasteiger charge is 2.31. The van der Waals surface area contributed by atoms with Crippen molar-refractivity contribution < 1.29 is 4.74 Å². The highest BCUT2D eigenvalue weighted by atomic mass is 16.5. The van der Waals surface area contributed by atoms with Gasteiger partial charge in [-0.3, -0.25) is 0 Å². The maximum absolute atomic E-state index is 5.80. The minimum Gasteiger partial charge on any atom is -0.498 e. The van der Waals surface area contributed by atoms with Gasteiger partial charge in [0.1, 0.15) is 6.10 Å². The molecule has 0 aromatic rings. The lowest BCUT2D eigenvalue weighted by molar-refractivity contribution is 0.0135. The molecular weight excluding hydrogens is 172 g/mol. The van der Waals surface area contributed by atoms with Crippen molar-refractivity contribution in [2.45, 2.75) is 53.1 Å². The molecule has 0 N–H and O–H groups in total. The highest BCUT2D eigenvalue weighted by molar-refractivity contribution is 4.83. The molecule has 0 bridgehead atoms. The van der Waals surface area contributed by atoms with Crippen LogP contribution in [0.25, 0.3) is 0 Å². The molecule has 1 aliphatic rings. The van der Waals surface area contributed by atoms with E-state index in [1.54, 1.807) is 0 Å². The fourth-order valence-electron chi connectivity index (χ4n) is 2.45. The maximum Gasteiger partial charge on any atom is 0.101 e. The predicted molar refractivity (Wildman–Crippen MR) is 61.0 cm³/mol. The molecule has 0 heterocycles. The summed E-state index contributed by atoms with van der Waals surface area (Å²) in [7, 11) is 0. The highest BCUT2D eigenvalue weighted by Crippen LogP contribution is 2.35. The minimum absolute atomic E-state index is 0.454. The SMILES string of the molecule is C/C=C\O[C@H]1C[C@@H](C)CC[C@@H]1C(C)C. The van der Waals surface area contributed by atoms with Crippen molar-refractivity contribution in [3.05, 3.63) is 12.3 Å². The Hall–Kier alpha value is -0.460. The average molecular weight is 196 g/mol. The van der Waals surface area contributed by atoms with Crippen LogP contribution in [0.1, 0.15) is 47.0 Å². The van der Waals surface area contributed by atoms with Crippen molar-refractivity contribution in [2.24, 2.45) is 17.8 Å². The monoisotopic (exact) mass is 196 g/mol. The van der Waals surface area contributed by atoms with Crippen molar-refractivity contribution in [2.75, 3.05) is 0 Å². The van der Waals surface area contributed by atoms with E-state index < -0.39 is 0 Å². The van der Waals surface area contributed by atoms with Crippen LogP contribution in [-0.2, 0) is 4.74 Å². The lowest BCUT2D eigenvalue weighted by atomic mass is 9.75. The van der Waals surface area contributed by atoms with Gasteiger partial charge < -0.3 is 4.74 Å². The summed E-state index contributed by atoms with van der Waals surface area (Å²) in [5.41, 5.74) is 0. The van der Waals surface area contributed by atoms with Crippen LogP contribution in [0.2, 0.25) is 0 Å². The van der Waals surface area contributed by atoms with Crippen LogP contribution in [-0.4, -0.2) is 6.10 Å². The first-order chi connectivity index (χ1) is 6.65. The molecule has 0 aromatic carbocycles. The van der Waals surface area contributed by atoms with E-state index in [-0.39, 0.29) is 0 Å². The molecule has 1 nitrogen and oxygen atoms in total. The van der Waals surface area contributed by atoms with Crippen LogP contribution in [0, 0.1) is 17.8 Å². The third-order valence-electron chi connectivity index (χ3n) is 3.35. The largest absolute Gasteiger partial charge is 0.498 e. The van der Waals surface area contributed by atoms with Crippen LogP contribution in [0.15, 0.2) is 12.3 Å². The van der Waals surface area contributed by atoms with Crippen LogP contribution in [0.4, 0.5) is 0 Å². The van der Waals surface area contributed by atoms with E-state index in [0.717, 1.165) is 17.8 Å². The van der Waals surface area contributed by atoms with Gasteiger partial charge in [0.25, 0.3) is 0 Å². The summed E-state index contributed by atoms with van der Waals surface area (Å²) >= 11 is 0. The Kier molecular flexibility index (Phi) is 4.50. The van der Waals surface area contributed by atoms with Crippen molar-refractivity contribution >= 4 is 0 Å². The van der Waals surface area contributed by atoms with Gasteiger partial charge in [-0.25, -0.2) is 0 Å². The zero-order valence-electron chi connectivity index (χ0n) is 9.99. The van der Waals surface area contributed by atoms with Gasteiger partial charge in [-0.2, -0.15) is 0 Å². The summed E-state index contributed by atoms with van der Waals surface area (Å²) < 4.78 is 5.80. The number of allylic oxidation sites excluding steroid dienone is 1. The summed E-state index contributed by atoms with van der Waals surface area (Å²) in [4.78, 5) is 0. The molecule has 14 heavy (non-hydrogen) atoms. The van der Waals surface area contributed by atoms with Gasteiger partial charge in [0, 0.05) is 0 Å². The average Bonchev–Trinajstić information content (AvgIpc) is 2.14. The lowest BCUT2D eigenvalue weighted by Gasteiger charge is -2.36. The summed E-state index contributed by atoms with van der Waals surface area (Å²) in [6.45, 7) is 8.97. The molecule has 0 saturated heterocycles. The molecule has 3 atom stereocenters. The van der Waals surface area contributed by atoms with E-state index in [2.05, 4.69) is 20.8 Å². The van der Waals surface area contributed by atoms with Crippen molar-refractivity contribution in [3.8, 4) is 0 Å². The molecule has 1 rings (SSSR count). The summed E-state index contributed by atoms with van der Waals surface area (Å²) in [6.07, 6.45) is 8.23. The minimum atomic E-state index is 0.454. The van der Waals surface area contributed by atoms with E-state index in [1.807, 2.05) is 19.3 Å². The van der Waals surface area contributed by atoms with Gasteiger partial charge >= 0.3 is 0 Å². The van der Waals surface area contributed by atoms with Crippen LogP contribution in [0.3, 0.4) is 0 Å². The first-order valence-electron chi connectivity index (χ1n) is 5.91. The smallest absolute Gasteiger partial charge is 0.101 e. The van der Waals surface area contributed by atoms with E-state index in [1.165, 1.54) is 19.3 Å². The molecule has 0 aromatic heterocycles. The molecule has 1 aliphatic carbocycles. The molecule has 0 aliphatic heterocycles. The summed E-state index contributed by atoms with van der Waals surface area (Å²) in [5, 5.41) is 0. The Morgan fingerprint density at radius 1 is 1.29 bits per heavy atom. The first kappa shape index (κ1) is 11.6. The van der Waals surface area contributed by atoms with E-state index in [4.69, 9.17) is 4.74 Å². The molecule has 1 saturated carbocycles. The van der Waals surface area contributed by atoms with Crippen LogP contribution in [0.5, 0.6) is 0 Å². The number of hydrogen-bond donors (Lipinski definition) is 0. The van der Waals surface area contributed by atoms with Crippen LogP contribution < -0.4 is 0 Å². The van der Waals surface area contributed by atoms with Crippen molar-refractivity contribution in [1.29, 1.82) is 0 Å². The number of hydrogen-bond acceptors (Lipinski definition) is 1. The topological polar surface area (TPSA) is 9.23 Å². The molecule has 1 fully saturated rings. The van der Waals surface area contributed by atoms with Gasteiger partial charge in [0.2, 0.25) is 0 Å². The third kappa shape index (κ3) is 3.04. The van der Waals surface area contributed by atoms with Crippen molar-refractivity contribution in [1.82, 2.24) is 0 Å². The van der Waals surface area contributed by atoms with E-state index in [9.17, 15) is 0 Å². The zero-order valence-corrected chi connectivity index (χ0v) is 9.99. The Morgan fingerprint density at radius 3 is 2.57 bits per heavy atom. The van der Waals surface area contributed by atoms with Gasteiger partial charge in [-0.15, -0.1) is 0 Å². The quantitative estimate of drug-likeness (QED) is 0.620. The zero-order chi connectivity index (χ0) is 10.6. The van der Waals surface area contributed by atoms with Crippen molar-refractivity contribution in [3.63, 3.8) is 0 Å². The van der Waals surface area contributed by atoms with Gasteiger partial charge in [0.05, 0.1) is 6.26 Å². The third-order valence-corrected chi connectivity index (χ3v) is 3.35. The Balaban J connectivity index is 2.54. The Bertz CT molecular complexity index is 184. The van der Waals surface area contributed by atoms with E-state index in [0.29, 0.717) is 6.10 Å². The predicted octanol–water partition coefficient (Wildman–Crippen LogP) is 4.00. The van der Waals surface area contributed by atoms with E-state index >= 15 is 0 Å². The molecule has 1 heteroatoms. The molecule has 0 unspecified atom stereocenters. The number of rotatable bonds is 3. The standard InChI is InChI=1S/C13H24O/c1-5-8-14-13-9-11(4)6-7-12(13)10(2)3/h5,8,10-13H,6-7,9H2,1-4H3/b8-5-/t11-,12+,13-/m0/s1. The lowest BCUT2D eigenvalue weighted by Crippen LogP contribution is -2.33. The molecule has 0 amide bonds. The molecule has 82 valence electrons. The van der Waals surface area contributed by atoms with Gasteiger partial charge in [-0.05, 0) is 37.5 Å². The Labute approximate surface area is 88.5 Å². The summed E-state index contributed by atoms with van der Waals surface area (Å²) in [6, 6.07) is 0. The normalized spacial score (nSPS) is 33.9. The second kappa shape index (κ2) is 5.43. The molecular formula is C13H24O. The van der Waals surface area contributed by atoms with Gasteiger partial charge in [0.15, 0.2) is 0 Å². The molecule has 0 spiro atoms. The fourth-order valence-corrected chi connectivity index (χ4v) is 2.45. The first-order valence-corrected chi connectivity index (χ1v) is 5.91. The number of ether oxygens (including phenoxy) is 1. The fraction of sp³-hybridized carbons (Fsp3) is 0.846. The summed E-state index contributed by atoms with van der Waals surface area (Å²) in [5.74, 6) is 2.33. The maximum atomic E-state index is 5.80. The van der Waals surface area contributed by atoms with Crippen LogP contribution >= 0.6 is 0 Å². The second-order valence-electron chi connectivity index (χ2n) is 4.97. The van der Waals surface area contributed by atoms with Gasteiger partial charge in [-0.1, -0.05) is 33.3 Å². The molecule has 0 radical (unpaired) electrons. The Morgan fingerprint density at radius 2 is 2.00 bits per heavy atom.